The van der Waals surface area contributed by atoms with E-state index in [4.69, 9.17) is 0 Å². The Hall–Kier alpha value is -1.25. The average molecular weight is 348 g/mol. The van der Waals surface area contributed by atoms with Crippen LogP contribution in [0.25, 0.3) is 0 Å². The van der Waals surface area contributed by atoms with Crippen molar-refractivity contribution in [2.75, 3.05) is 7.11 Å². The fourth-order valence-electron chi connectivity index (χ4n) is 1.29. The number of rotatable bonds is 3. The van der Waals surface area contributed by atoms with Crippen LogP contribution in [-0.4, -0.2) is 18.1 Å². The maximum atomic E-state index is 12.8. The SMILES string of the molecule is COC(=O)Cc1c(C(F)F)cc(C(F)(F)F)nc1Br. The summed E-state index contributed by atoms with van der Waals surface area (Å²) in [5.41, 5.74) is -2.68. The lowest BCUT2D eigenvalue weighted by Crippen LogP contribution is -2.14. The van der Waals surface area contributed by atoms with Gasteiger partial charge in [0.05, 0.1) is 13.5 Å². The van der Waals surface area contributed by atoms with Crippen molar-refractivity contribution in [3.05, 3.63) is 27.5 Å². The van der Waals surface area contributed by atoms with Crippen LogP contribution in [0.1, 0.15) is 23.2 Å². The molecule has 0 aliphatic heterocycles. The van der Waals surface area contributed by atoms with Crippen molar-refractivity contribution >= 4 is 21.9 Å². The molecule has 106 valence electrons. The molecule has 1 aromatic heterocycles. The summed E-state index contributed by atoms with van der Waals surface area (Å²) in [5, 5.41) is 0. The van der Waals surface area contributed by atoms with Crippen molar-refractivity contribution in [3.63, 3.8) is 0 Å². The summed E-state index contributed by atoms with van der Waals surface area (Å²) >= 11 is 2.66. The zero-order chi connectivity index (χ0) is 14.8. The number of hydrogen-bond acceptors (Lipinski definition) is 3. The van der Waals surface area contributed by atoms with Gasteiger partial charge in [-0.15, -0.1) is 0 Å². The molecule has 0 spiro atoms. The molecule has 0 saturated carbocycles. The van der Waals surface area contributed by atoms with Crippen molar-refractivity contribution < 1.29 is 31.5 Å². The van der Waals surface area contributed by atoms with E-state index in [1.54, 1.807) is 0 Å². The van der Waals surface area contributed by atoms with E-state index in [0.29, 0.717) is 0 Å². The van der Waals surface area contributed by atoms with E-state index in [0.717, 1.165) is 7.11 Å². The first kappa shape index (κ1) is 15.8. The van der Waals surface area contributed by atoms with Crippen LogP contribution >= 0.6 is 15.9 Å². The Labute approximate surface area is 112 Å². The van der Waals surface area contributed by atoms with Crippen LogP contribution in [0.2, 0.25) is 0 Å². The molecule has 0 aliphatic carbocycles. The molecule has 0 saturated heterocycles. The summed E-state index contributed by atoms with van der Waals surface area (Å²) in [6.07, 6.45) is -8.61. The van der Waals surface area contributed by atoms with Crippen LogP contribution < -0.4 is 0 Å². The molecule has 9 heteroatoms. The molecule has 0 unspecified atom stereocenters. The van der Waals surface area contributed by atoms with Gasteiger partial charge in [-0.25, -0.2) is 13.8 Å². The number of carbonyl (C=O) groups is 1. The summed E-state index contributed by atoms with van der Waals surface area (Å²) in [5.74, 6) is -0.857. The van der Waals surface area contributed by atoms with Gasteiger partial charge in [0.15, 0.2) is 0 Å². The van der Waals surface area contributed by atoms with Gasteiger partial charge in [0.2, 0.25) is 0 Å². The van der Waals surface area contributed by atoms with Crippen LogP contribution in [0, 0.1) is 0 Å². The minimum absolute atomic E-state index is 0.230. The fourth-order valence-corrected chi connectivity index (χ4v) is 1.85. The number of alkyl halides is 5. The third-order valence-electron chi connectivity index (χ3n) is 2.18. The fraction of sp³-hybridized carbons (Fsp3) is 0.400. The molecule has 0 N–H and O–H groups in total. The second-order valence-electron chi connectivity index (χ2n) is 3.42. The Kier molecular flexibility index (Phi) is 4.83. The molecule has 19 heavy (non-hydrogen) atoms. The normalized spacial score (nSPS) is 11.8. The first-order valence-corrected chi connectivity index (χ1v) is 5.57. The molecule has 1 rings (SSSR count). The van der Waals surface area contributed by atoms with Gasteiger partial charge in [-0.05, 0) is 22.0 Å². The van der Waals surface area contributed by atoms with Gasteiger partial charge in [0.25, 0.3) is 6.43 Å². The van der Waals surface area contributed by atoms with Crippen LogP contribution in [0.5, 0.6) is 0 Å². The highest BCUT2D eigenvalue weighted by Crippen LogP contribution is 2.35. The Balaban J connectivity index is 3.35. The average Bonchev–Trinajstić information content (AvgIpc) is 2.29. The number of ether oxygens (including phenoxy) is 1. The largest absolute Gasteiger partial charge is 0.469 e. The molecule has 1 aromatic rings. The van der Waals surface area contributed by atoms with E-state index in [-0.39, 0.29) is 11.6 Å². The van der Waals surface area contributed by atoms with Crippen LogP contribution in [0.15, 0.2) is 10.7 Å². The monoisotopic (exact) mass is 347 g/mol. The molecule has 0 radical (unpaired) electrons. The summed E-state index contributed by atoms with van der Waals surface area (Å²) in [4.78, 5) is 14.2. The zero-order valence-corrected chi connectivity index (χ0v) is 11.0. The minimum Gasteiger partial charge on any atom is -0.469 e. The molecular formula is C10H7BrF5NO2. The van der Waals surface area contributed by atoms with E-state index in [9.17, 15) is 26.7 Å². The third-order valence-corrected chi connectivity index (χ3v) is 2.84. The lowest BCUT2D eigenvalue weighted by molar-refractivity contribution is -0.141. The number of aromatic nitrogens is 1. The van der Waals surface area contributed by atoms with Crippen molar-refractivity contribution in [1.82, 2.24) is 4.98 Å². The second-order valence-corrected chi connectivity index (χ2v) is 4.17. The number of nitrogens with zero attached hydrogens (tertiary/aromatic N) is 1. The lowest BCUT2D eigenvalue weighted by Gasteiger charge is -2.13. The molecule has 3 nitrogen and oxygen atoms in total. The van der Waals surface area contributed by atoms with Crippen LogP contribution in [0.4, 0.5) is 22.0 Å². The van der Waals surface area contributed by atoms with Gasteiger partial charge >= 0.3 is 12.1 Å². The van der Waals surface area contributed by atoms with E-state index in [1.807, 2.05) is 0 Å². The predicted octanol–water partition coefficient (Wildman–Crippen LogP) is 3.52. The maximum Gasteiger partial charge on any atom is 0.433 e. The Bertz CT molecular complexity index is 490. The molecule has 1 heterocycles. The number of hydrogen-bond donors (Lipinski definition) is 0. The summed E-state index contributed by atoms with van der Waals surface area (Å²) in [6.45, 7) is 0. The number of halogens is 6. The number of pyridine rings is 1. The van der Waals surface area contributed by atoms with Crippen molar-refractivity contribution in [2.24, 2.45) is 0 Å². The van der Waals surface area contributed by atoms with Crippen molar-refractivity contribution in [1.29, 1.82) is 0 Å². The smallest absolute Gasteiger partial charge is 0.433 e. The second kappa shape index (κ2) is 5.81. The maximum absolute atomic E-state index is 12.8. The molecule has 0 bridgehead atoms. The Morgan fingerprint density at radius 1 is 1.47 bits per heavy atom. The van der Waals surface area contributed by atoms with Crippen LogP contribution in [-0.2, 0) is 22.1 Å². The topological polar surface area (TPSA) is 39.2 Å². The lowest BCUT2D eigenvalue weighted by atomic mass is 10.1. The van der Waals surface area contributed by atoms with Crippen molar-refractivity contribution in [3.8, 4) is 0 Å². The number of esters is 1. The molecule has 0 fully saturated rings. The highest BCUT2D eigenvalue weighted by atomic mass is 79.9. The van der Waals surface area contributed by atoms with Gasteiger partial charge in [-0.3, -0.25) is 4.79 Å². The molecule has 0 amide bonds. The summed E-state index contributed by atoms with van der Waals surface area (Å²) in [6, 6.07) is 0.230. The van der Waals surface area contributed by atoms with Gasteiger partial charge < -0.3 is 4.74 Å². The molecule has 0 atom stereocenters. The number of methoxy groups -OCH3 is 1. The van der Waals surface area contributed by atoms with E-state index < -0.39 is 40.9 Å². The first-order valence-electron chi connectivity index (χ1n) is 4.78. The standard InChI is InChI=1S/C10H7BrF5NO2/c1-19-7(18)3-4-5(9(12)13)2-6(10(14,15)16)17-8(4)11/h2,9H,3H2,1H3. The Morgan fingerprint density at radius 2 is 2.05 bits per heavy atom. The van der Waals surface area contributed by atoms with Gasteiger partial charge in [-0.1, -0.05) is 0 Å². The molecule has 0 aromatic carbocycles. The van der Waals surface area contributed by atoms with Gasteiger partial charge in [0, 0.05) is 11.1 Å². The predicted molar refractivity (Wildman–Crippen MR) is 57.6 cm³/mol. The molecular weight excluding hydrogens is 341 g/mol. The van der Waals surface area contributed by atoms with E-state index in [1.165, 1.54) is 0 Å². The summed E-state index contributed by atoms with van der Waals surface area (Å²) in [7, 11) is 1.04. The quantitative estimate of drug-likeness (QED) is 0.477. The minimum atomic E-state index is -4.85. The zero-order valence-electron chi connectivity index (χ0n) is 9.39. The van der Waals surface area contributed by atoms with Crippen LogP contribution in [0.3, 0.4) is 0 Å². The van der Waals surface area contributed by atoms with E-state index >= 15 is 0 Å². The Morgan fingerprint density at radius 3 is 2.47 bits per heavy atom. The summed E-state index contributed by atoms with van der Waals surface area (Å²) < 4.78 is 66.7. The highest BCUT2D eigenvalue weighted by Gasteiger charge is 2.35. The highest BCUT2D eigenvalue weighted by molar-refractivity contribution is 9.10. The third kappa shape index (κ3) is 3.85. The van der Waals surface area contributed by atoms with Crippen molar-refractivity contribution in [2.45, 2.75) is 19.0 Å². The van der Waals surface area contributed by atoms with Gasteiger partial charge in [0.1, 0.15) is 10.3 Å². The number of carbonyl (C=O) groups excluding carboxylic acids is 1. The first-order chi connectivity index (χ1) is 8.66. The molecule has 0 aliphatic rings. The van der Waals surface area contributed by atoms with Gasteiger partial charge in [-0.2, -0.15) is 13.2 Å². The van der Waals surface area contributed by atoms with E-state index in [2.05, 4.69) is 25.7 Å².